The minimum Gasteiger partial charge on any atom is -0.356 e. The van der Waals surface area contributed by atoms with Crippen molar-refractivity contribution in [3.8, 4) is 0 Å². The van der Waals surface area contributed by atoms with E-state index in [-0.39, 0.29) is 12.5 Å². The predicted molar refractivity (Wildman–Crippen MR) is 101 cm³/mol. The van der Waals surface area contributed by atoms with Gasteiger partial charge in [-0.15, -0.1) is 0 Å². The summed E-state index contributed by atoms with van der Waals surface area (Å²) in [5, 5.41) is 6.68. The highest BCUT2D eigenvalue weighted by Gasteiger charge is 2.14. The van der Waals surface area contributed by atoms with Gasteiger partial charge in [-0.05, 0) is 51.2 Å². The van der Waals surface area contributed by atoms with Crippen molar-refractivity contribution in [2.45, 2.75) is 46.0 Å². The molecule has 0 aromatic heterocycles. The van der Waals surface area contributed by atoms with Crippen LogP contribution in [-0.2, 0) is 4.79 Å². The quantitative estimate of drug-likeness (QED) is 0.380. The van der Waals surface area contributed by atoms with Gasteiger partial charge in [0.2, 0.25) is 5.91 Å². The fraction of sp³-hybridized carbons (Fsp3) is 0.889. The molecule has 0 radical (unpaired) electrons. The molecule has 6 nitrogen and oxygen atoms in total. The van der Waals surface area contributed by atoms with Crippen LogP contribution in [0.25, 0.3) is 0 Å². The molecule has 0 saturated carbocycles. The number of hydrogen-bond donors (Lipinski definition) is 2. The number of likely N-dealkylation sites (tertiary alicyclic amines) is 1. The monoisotopic (exact) mass is 339 g/mol. The molecule has 6 heteroatoms. The Balaban J connectivity index is 2.29. The van der Waals surface area contributed by atoms with Crippen LogP contribution >= 0.6 is 0 Å². The van der Waals surface area contributed by atoms with Gasteiger partial charge in [-0.25, -0.2) is 4.99 Å². The van der Waals surface area contributed by atoms with Gasteiger partial charge in [0.25, 0.3) is 0 Å². The van der Waals surface area contributed by atoms with Crippen LogP contribution in [0.4, 0.5) is 0 Å². The van der Waals surface area contributed by atoms with Gasteiger partial charge in [-0.1, -0.05) is 20.3 Å². The van der Waals surface area contributed by atoms with Crippen LogP contribution in [-0.4, -0.2) is 75.0 Å². The van der Waals surface area contributed by atoms with Crippen LogP contribution in [0.5, 0.6) is 0 Å². The Bertz CT molecular complexity index is 376. The Labute approximate surface area is 148 Å². The van der Waals surface area contributed by atoms with Gasteiger partial charge in [0.15, 0.2) is 5.96 Å². The average molecular weight is 340 g/mol. The molecule has 24 heavy (non-hydrogen) atoms. The second kappa shape index (κ2) is 12.1. The molecule has 1 rings (SSSR count). The van der Waals surface area contributed by atoms with Crippen LogP contribution < -0.4 is 10.6 Å². The van der Waals surface area contributed by atoms with Gasteiger partial charge in [0.1, 0.15) is 6.54 Å². The molecule has 0 aliphatic carbocycles. The summed E-state index contributed by atoms with van der Waals surface area (Å²) >= 11 is 0. The molecule has 1 aliphatic heterocycles. The summed E-state index contributed by atoms with van der Waals surface area (Å²) in [6, 6.07) is 0. The van der Waals surface area contributed by atoms with E-state index in [0.717, 1.165) is 50.8 Å². The van der Waals surface area contributed by atoms with Crippen molar-refractivity contribution >= 4 is 11.9 Å². The van der Waals surface area contributed by atoms with Gasteiger partial charge in [-0.3, -0.25) is 4.79 Å². The number of amides is 1. The van der Waals surface area contributed by atoms with Crippen LogP contribution in [0.2, 0.25) is 0 Å². The van der Waals surface area contributed by atoms with Crippen molar-refractivity contribution in [3.63, 3.8) is 0 Å². The number of carbonyl (C=O) groups is 1. The zero-order chi connectivity index (χ0) is 17.8. The lowest BCUT2D eigenvalue weighted by atomic mass is 9.99. The first-order chi connectivity index (χ1) is 11.5. The highest BCUT2D eigenvalue weighted by Crippen LogP contribution is 2.15. The fourth-order valence-corrected chi connectivity index (χ4v) is 2.64. The molecule has 0 aromatic carbocycles. The number of carbonyl (C=O) groups excluding carboxylic acids is 1. The molecule has 2 N–H and O–H groups in total. The van der Waals surface area contributed by atoms with E-state index in [1.807, 2.05) is 0 Å². The Morgan fingerprint density at radius 2 is 1.79 bits per heavy atom. The predicted octanol–water partition coefficient (Wildman–Crippen LogP) is 1.53. The first-order valence-corrected chi connectivity index (χ1v) is 9.47. The van der Waals surface area contributed by atoms with Crippen molar-refractivity contribution < 1.29 is 4.79 Å². The molecule has 0 aromatic rings. The second-order valence-corrected chi connectivity index (χ2v) is 7.04. The Morgan fingerprint density at radius 3 is 2.38 bits per heavy atom. The van der Waals surface area contributed by atoms with Crippen LogP contribution in [0.15, 0.2) is 4.99 Å². The molecule has 0 unspecified atom stereocenters. The second-order valence-electron chi connectivity index (χ2n) is 7.04. The summed E-state index contributed by atoms with van der Waals surface area (Å²) in [5.41, 5.74) is 0. The minimum absolute atomic E-state index is 0.0222. The number of nitrogens with zero attached hydrogens (tertiary/aromatic N) is 3. The van der Waals surface area contributed by atoms with Crippen molar-refractivity contribution in [2.75, 3.05) is 53.4 Å². The highest BCUT2D eigenvalue weighted by atomic mass is 16.2. The maximum Gasteiger partial charge on any atom is 0.243 e. The summed E-state index contributed by atoms with van der Waals surface area (Å²) < 4.78 is 0. The molecule has 140 valence electrons. The molecule has 1 saturated heterocycles. The summed E-state index contributed by atoms with van der Waals surface area (Å²) in [6.45, 7) is 10.1. The molecule has 1 fully saturated rings. The molecule has 0 atom stereocenters. The van der Waals surface area contributed by atoms with E-state index in [0.29, 0.717) is 0 Å². The first-order valence-electron chi connectivity index (χ1n) is 9.47. The standard InChI is InChI=1S/C18H37N5O/c1-5-6-10-19-18(21-15-17(24)22(3)4)20-11-7-12-23-13-8-16(2)9-14-23/h16H,5-15H2,1-4H3,(H2,19,20,21). The van der Waals surface area contributed by atoms with Gasteiger partial charge in [0, 0.05) is 27.2 Å². The van der Waals surface area contributed by atoms with Gasteiger partial charge >= 0.3 is 0 Å². The zero-order valence-corrected chi connectivity index (χ0v) is 16.1. The van der Waals surface area contributed by atoms with Crippen LogP contribution in [0, 0.1) is 5.92 Å². The number of hydrogen-bond acceptors (Lipinski definition) is 3. The number of guanidine groups is 1. The lowest BCUT2D eigenvalue weighted by Crippen LogP contribution is -2.41. The molecular formula is C18H37N5O. The molecule has 0 spiro atoms. The van der Waals surface area contributed by atoms with E-state index in [4.69, 9.17) is 0 Å². The third kappa shape index (κ3) is 9.11. The van der Waals surface area contributed by atoms with Gasteiger partial charge in [0.05, 0.1) is 0 Å². The van der Waals surface area contributed by atoms with E-state index in [1.54, 1.807) is 19.0 Å². The van der Waals surface area contributed by atoms with Crippen molar-refractivity contribution in [3.05, 3.63) is 0 Å². The van der Waals surface area contributed by atoms with Crippen LogP contribution in [0.3, 0.4) is 0 Å². The Morgan fingerprint density at radius 1 is 1.17 bits per heavy atom. The number of aliphatic imine (C=N–C) groups is 1. The number of nitrogens with one attached hydrogen (secondary N) is 2. The number of rotatable bonds is 9. The Hall–Kier alpha value is -1.30. The van der Waals surface area contributed by atoms with E-state index >= 15 is 0 Å². The largest absolute Gasteiger partial charge is 0.356 e. The minimum atomic E-state index is 0.0222. The first kappa shape index (κ1) is 20.7. The third-order valence-electron chi connectivity index (χ3n) is 4.51. The molecule has 1 amide bonds. The van der Waals surface area contributed by atoms with E-state index in [1.165, 1.54) is 25.9 Å². The van der Waals surface area contributed by atoms with Crippen LogP contribution in [0.1, 0.15) is 46.0 Å². The number of likely N-dealkylation sites (N-methyl/N-ethyl adjacent to an activating group) is 1. The molecular weight excluding hydrogens is 302 g/mol. The van der Waals surface area contributed by atoms with Crippen molar-refractivity contribution in [2.24, 2.45) is 10.9 Å². The number of unbranched alkanes of at least 4 members (excludes halogenated alkanes) is 1. The SMILES string of the molecule is CCCCNC(=NCC(=O)N(C)C)NCCCN1CCC(C)CC1. The fourth-order valence-electron chi connectivity index (χ4n) is 2.64. The zero-order valence-electron chi connectivity index (χ0n) is 16.1. The lowest BCUT2D eigenvalue weighted by molar-refractivity contribution is -0.127. The smallest absolute Gasteiger partial charge is 0.243 e. The average Bonchev–Trinajstić information content (AvgIpc) is 2.57. The van der Waals surface area contributed by atoms with E-state index in [2.05, 4.69) is 34.4 Å². The topological polar surface area (TPSA) is 60.0 Å². The van der Waals surface area contributed by atoms with Gasteiger partial charge in [-0.2, -0.15) is 0 Å². The molecule has 0 bridgehead atoms. The van der Waals surface area contributed by atoms with E-state index < -0.39 is 0 Å². The maximum atomic E-state index is 11.7. The summed E-state index contributed by atoms with van der Waals surface area (Å²) in [6.07, 6.45) is 6.00. The number of piperidine rings is 1. The molecule has 1 heterocycles. The Kier molecular flexibility index (Phi) is 10.5. The summed E-state index contributed by atoms with van der Waals surface area (Å²) in [5.74, 6) is 1.66. The lowest BCUT2D eigenvalue weighted by Gasteiger charge is -2.30. The summed E-state index contributed by atoms with van der Waals surface area (Å²) in [7, 11) is 3.52. The van der Waals surface area contributed by atoms with E-state index in [9.17, 15) is 4.79 Å². The maximum absolute atomic E-state index is 11.7. The molecule has 1 aliphatic rings. The highest BCUT2D eigenvalue weighted by molar-refractivity contribution is 5.84. The third-order valence-corrected chi connectivity index (χ3v) is 4.51. The van der Waals surface area contributed by atoms with Gasteiger partial charge < -0.3 is 20.4 Å². The normalized spacial score (nSPS) is 16.9. The van der Waals surface area contributed by atoms with Crippen molar-refractivity contribution in [1.82, 2.24) is 20.4 Å². The summed E-state index contributed by atoms with van der Waals surface area (Å²) in [4.78, 5) is 20.2. The van der Waals surface area contributed by atoms with Crippen molar-refractivity contribution in [1.29, 1.82) is 0 Å².